The number of carbonyl (C=O) groups excluding carboxylic acids is 1. The maximum Gasteiger partial charge on any atom is 0.431 e. The Hall–Kier alpha value is -3.02. The van der Waals surface area contributed by atoms with Crippen LogP contribution in [0.5, 0.6) is 5.75 Å². The van der Waals surface area contributed by atoms with Gasteiger partial charge in [-0.2, -0.15) is 13.2 Å². The van der Waals surface area contributed by atoms with Crippen molar-refractivity contribution in [2.24, 2.45) is 7.05 Å². The van der Waals surface area contributed by atoms with Gasteiger partial charge in [-0.25, -0.2) is 13.8 Å². The fourth-order valence-corrected chi connectivity index (χ4v) is 3.23. The number of alkyl halides is 3. The number of nitrogens with one attached hydrogen (secondary N) is 1. The van der Waals surface area contributed by atoms with Gasteiger partial charge in [0.05, 0.1) is 25.1 Å². The fraction of sp³-hybridized carbons (Fsp3) is 0.353. The van der Waals surface area contributed by atoms with Crippen molar-refractivity contribution in [3.8, 4) is 11.4 Å². The first-order valence-electron chi connectivity index (χ1n) is 8.35. The number of nitrogens with zero attached hydrogens (tertiary/aromatic N) is 2. The predicted octanol–water partition coefficient (Wildman–Crippen LogP) is 2.08. The third-order valence-corrected chi connectivity index (χ3v) is 4.69. The second kappa shape index (κ2) is 7.67. The van der Waals surface area contributed by atoms with E-state index < -0.39 is 46.7 Å². The van der Waals surface area contributed by atoms with Gasteiger partial charge in [-0.05, 0) is 6.07 Å². The lowest BCUT2D eigenvalue weighted by Crippen LogP contribution is -2.42. The maximum absolute atomic E-state index is 14.7. The molecule has 162 valence electrons. The summed E-state index contributed by atoms with van der Waals surface area (Å²) in [4.78, 5) is 36.3. The molecule has 0 saturated heterocycles. The van der Waals surface area contributed by atoms with E-state index in [4.69, 9.17) is 16.3 Å². The number of hydrogen-bond acceptors (Lipinski definition) is 6. The summed E-state index contributed by atoms with van der Waals surface area (Å²) in [7, 11) is 1.98. The molecule has 0 aliphatic carbocycles. The number of halogens is 5. The van der Waals surface area contributed by atoms with Crippen LogP contribution in [0.25, 0.3) is 5.69 Å². The Bertz CT molecular complexity index is 1140. The zero-order valence-electron chi connectivity index (χ0n) is 15.5. The Morgan fingerprint density at radius 1 is 1.37 bits per heavy atom. The maximum atomic E-state index is 14.7. The molecule has 8 nitrogen and oxygen atoms in total. The van der Waals surface area contributed by atoms with Crippen molar-refractivity contribution in [1.82, 2.24) is 9.13 Å². The molecule has 1 unspecified atom stereocenters. The standard InChI is InChI=1S/C17H14ClF4N3O5/c1-24-10(17(20,21)22)5-11(26)25(16(24)28)14-9(19)4-8(18)15-13(14)23-6-7(30-15)3-12(27)29-2/h4-5,7,23H,3,6H2,1-2H3. The first-order valence-corrected chi connectivity index (χ1v) is 8.73. The van der Waals surface area contributed by atoms with Crippen LogP contribution < -0.4 is 21.3 Å². The molecule has 1 aliphatic heterocycles. The average Bonchev–Trinajstić information content (AvgIpc) is 2.66. The van der Waals surface area contributed by atoms with Crippen LogP contribution in [-0.2, 0) is 22.8 Å². The number of rotatable bonds is 3. The number of carbonyl (C=O) groups is 1. The molecule has 1 aromatic heterocycles. The van der Waals surface area contributed by atoms with Gasteiger partial charge in [-0.15, -0.1) is 0 Å². The molecule has 0 bridgehead atoms. The number of aromatic nitrogens is 2. The van der Waals surface area contributed by atoms with E-state index in [2.05, 4.69) is 10.1 Å². The zero-order chi connectivity index (χ0) is 22.4. The van der Waals surface area contributed by atoms with E-state index in [1.54, 1.807) is 0 Å². The van der Waals surface area contributed by atoms with Crippen LogP contribution in [0.2, 0.25) is 5.02 Å². The largest absolute Gasteiger partial charge is 0.484 e. The van der Waals surface area contributed by atoms with Crippen molar-refractivity contribution in [2.45, 2.75) is 18.7 Å². The lowest BCUT2D eigenvalue weighted by atomic mass is 10.1. The van der Waals surface area contributed by atoms with Crippen molar-refractivity contribution in [1.29, 1.82) is 0 Å². The van der Waals surface area contributed by atoms with Gasteiger partial charge in [0, 0.05) is 13.1 Å². The molecule has 3 rings (SSSR count). The third-order valence-electron chi connectivity index (χ3n) is 4.41. The van der Waals surface area contributed by atoms with Gasteiger partial charge in [-0.1, -0.05) is 11.6 Å². The monoisotopic (exact) mass is 451 g/mol. The van der Waals surface area contributed by atoms with Crippen molar-refractivity contribution in [3.63, 3.8) is 0 Å². The molecule has 2 heterocycles. The summed E-state index contributed by atoms with van der Waals surface area (Å²) in [6.45, 7) is -0.0510. The van der Waals surface area contributed by atoms with Crippen LogP contribution in [0.4, 0.5) is 23.2 Å². The molecule has 2 aromatic rings. The first kappa shape index (κ1) is 21.7. The Morgan fingerprint density at radius 2 is 2.03 bits per heavy atom. The Labute approximate surface area is 170 Å². The molecule has 0 amide bonds. The highest BCUT2D eigenvalue weighted by Gasteiger charge is 2.36. The molecule has 0 spiro atoms. The van der Waals surface area contributed by atoms with E-state index in [0.29, 0.717) is 0 Å². The van der Waals surface area contributed by atoms with Crippen LogP contribution in [0.3, 0.4) is 0 Å². The highest BCUT2D eigenvalue weighted by molar-refractivity contribution is 6.32. The highest BCUT2D eigenvalue weighted by atomic mass is 35.5. The number of benzene rings is 1. The SMILES string of the molecule is COC(=O)CC1CNc2c(c(Cl)cc(F)c2-n2c(=O)cc(C(F)(F)F)n(C)c2=O)O1. The summed E-state index contributed by atoms with van der Waals surface area (Å²) in [6.07, 6.45) is -5.89. The van der Waals surface area contributed by atoms with Gasteiger partial charge < -0.3 is 14.8 Å². The molecule has 1 atom stereocenters. The van der Waals surface area contributed by atoms with Gasteiger partial charge in [0.15, 0.2) is 11.6 Å². The summed E-state index contributed by atoms with van der Waals surface area (Å²) in [5, 5.41) is 2.49. The van der Waals surface area contributed by atoms with E-state index >= 15 is 0 Å². The summed E-state index contributed by atoms with van der Waals surface area (Å²) in [6, 6.07) is 0.938. The van der Waals surface area contributed by atoms with E-state index in [9.17, 15) is 31.9 Å². The molecule has 0 fully saturated rings. The number of ether oxygens (including phenoxy) is 2. The Kier molecular flexibility index (Phi) is 5.54. The number of methoxy groups -OCH3 is 1. The third kappa shape index (κ3) is 3.74. The smallest absolute Gasteiger partial charge is 0.431 e. The van der Waals surface area contributed by atoms with Crippen LogP contribution >= 0.6 is 11.6 Å². The number of esters is 1. The van der Waals surface area contributed by atoms with Gasteiger partial charge in [0.2, 0.25) is 0 Å². The predicted molar refractivity (Wildman–Crippen MR) is 96.8 cm³/mol. The minimum absolute atomic E-state index is 0.0510. The molecule has 13 heteroatoms. The van der Waals surface area contributed by atoms with Crippen LogP contribution in [0.1, 0.15) is 12.1 Å². The minimum Gasteiger partial charge on any atom is -0.484 e. The van der Waals surface area contributed by atoms with E-state index in [1.165, 1.54) is 7.11 Å². The molecule has 1 N–H and O–H groups in total. The molecule has 0 saturated carbocycles. The lowest BCUT2D eigenvalue weighted by Gasteiger charge is -2.29. The summed E-state index contributed by atoms with van der Waals surface area (Å²) < 4.78 is 64.4. The fourth-order valence-electron chi connectivity index (χ4n) is 3.00. The van der Waals surface area contributed by atoms with Crippen molar-refractivity contribution < 1.29 is 31.8 Å². The van der Waals surface area contributed by atoms with Crippen LogP contribution in [-0.4, -0.2) is 34.9 Å². The van der Waals surface area contributed by atoms with Crippen molar-refractivity contribution in [2.75, 3.05) is 19.0 Å². The van der Waals surface area contributed by atoms with E-state index in [-0.39, 0.29) is 44.6 Å². The number of fused-ring (bicyclic) bond motifs is 1. The van der Waals surface area contributed by atoms with E-state index in [1.807, 2.05) is 0 Å². The van der Waals surface area contributed by atoms with E-state index in [0.717, 1.165) is 13.1 Å². The van der Waals surface area contributed by atoms with Gasteiger partial charge in [0.1, 0.15) is 23.2 Å². The first-order chi connectivity index (χ1) is 14.0. The molecule has 1 aromatic carbocycles. The summed E-state index contributed by atoms with van der Waals surface area (Å²) in [5.41, 5.74) is -5.16. The van der Waals surface area contributed by atoms with Crippen LogP contribution in [0.15, 0.2) is 21.7 Å². The lowest BCUT2D eigenvalue weighted by molar-refractivity contribution is -0.144. The second-order valence-electron chi connectivity index (χ2n) is 6.34. The minimum atomic E-state index is -4.97. The summed E-state index contributed by atoms with van der Waals surface area (Å²) in [5.74, 6) is -1.89. The highest BCUT2D eigenvalue weighted by Crippen LogP contribution is 2.42. The quantitative estimate of drug-likeness (QED) is 0.567. The topological polar surface area (TPSA) is 91.6 Å². The van der Waals surface area contributed by atoms with Crippen LogP contribution in [0, 0.1) is 5.82 Å². The van der Waals surface area contributed by atoms with Gasteiger partial charge in [0.25, 0.3) is 5.56 Å². The van der Waals surface area contributed by atoms with Gasteiger partial charge >= 0.3 is 17.8 Å². The summed E-state index contributed by atoms with van der Waals surface area (Å²) >= 11 is 6.00. The number of hydrogen-bond donors (Lipinski definition) is 1. The van der Waals surface area contributed by atoms with Gasteiger partial charge in [-0.3, -0.25) is 14.2 Å². The molecule has 30 heavy (non-hydrogen) atoms. The molecule has 1 aliphatic rings. The number of anilines is 1. The molecular formula is C17H14ClF4N3O5. The van der Waals surface area contributed by atoms with Crippen molar-refractivity contribution in [3.05, 3.63) is 49.5 Å². The normalized spacial score (nSPS) is 15.8. The average molecular weight is 452 g/mol. The zero-order valence-corrected chi connectivity index (χ0v) is 16.2. The Morgan fingerprint density at radius 3 is 2.63 bits per heavy atom. The Balaban J connectivity index is 2.20. The second-order valence-corrected chi connectivity index (χ2v) is 6.74. The molecule has 0 radical (unpaired) electrons. The molecular weight excluding hydrogens is 438 g/mol. The van der Waals surface area contributed by atoms with Crippen molar-refractivity contribution >= 4 is 23.3 Å².